The predicted octanol–water partition coefficient (Wildman–Crippen LogP) is 3.08. The molecule has 0 aromatic heterocycles. The van der Waals surface area contributed by atoms with Gasteiger partial charge in [-0.05, 0) is 68.1 Å². The molecule has 4 aliphatic rings. The van der Waals surface area contributed by atoms with E-state index in [9.17, 15) is 19.8 Å². The van der Waals surface area contributed by atoms with E-state index in [0.717, 1.165) is 32.1 Å². The molecule has 0 radical (unpaired) electrons. The number of fused-ring (bicyclic) bond motifs is 5. The Labute approximate surface area is 179 Å². The van der Waals surface area contributed by atoms with Crippen molar-refractivity contribution < 1.29 is 29.3 Å². The molecule has 1 aliphatic heterocycles. The largest absolute Gasteiger partial charge is 0.465 e. The van der Waals surface area contributed by atoms with Gasteiger partial charge in [-0.1, -0.05) is 27.7 Å². The summed E-state index contributed by atoms with van der Waals surface area (Å²) in [7, 11) is 0. The van der Waals surface area contributed by atoms with Crippen LogP contribution < -0.4 is 0 Å². The van der Waals surface area contributed by atoms with Gasteiger partial charge in [-0.3, -0.25) is 9.59 Å². The molecule has 30 heavy (non-hydrogen) atoms. The molecule has 1 heterocycles. The minimum Gasteiger partial charge on any atom is -0.465 e. The molecule has 2 N–H and O–H groups in total. The SMILES string of the molecule is CCC(C)C(=O)O[C@H]1CC[C@H]2[C@@H]3COC(=O)[C@H]4C[C@H](O)[C@H](O)C[C@]4(C)[C@H]3CC[C@]12C. The third-order valence-corrected chi connectivity index (χ3v) is 9.54. The molecule has 0 aromatic rings. The smallest absolute Gasteiger partial charge is 0.309 e. The Kier molecular flexibility index (Phi) is 5.72. The molecule has 0 amide bonds. The number of hydrogen-bond acceptors (Lipinski definition) is 6. The molecule has 0 bridgehead atoms. The van der Waals surface area contributed by atoms with Crippen LogP contribution in [0.15, 0.2) is 0 Å². The molecule has 1 unspecified atom stereocenters. The van der Waals surface area contributed by atoms with Gasteiger partial charge in [0, 0.05) is 5.41 Å². The van der Waals surface area contributed by atoms with Crippen LogP contribution in [-0.2, 0) is 19.1 Å². The van der Waals surface area contributed by atoms with Crippen LogP contribution in [0.1, 0.15) is 72.6 Å². The highest BCUT2D eigenvalue weighted by molar-refractivity contribution is 5.74. The summed E-state index contributed by atoms with van der Waals surface area (Å²) in [6.45, 7) is 8.69. The standard InChI is InChI=1S/C24H38O6/c1-5-13(2)21(27)30-20-7-6-15-14-12-29-22(28)17-10-18(25)19(26)11-24(17,4)16(14)8-9-23(15,20)3/h13-20,25-26H,5-12H2,1-4H3/t13?,14-,15-,16-,17+,18-,19+,20-,23-,24+/m0/s1. The first-order chi connectivity index (χ1) is 14.1. The number of cyclic esters (lactones) is 1. The van der Waals surface area contributed by atoms with Gasteiger partial charge in [-0.25, -0.2) is 0 Å². The maximum absolute atomic E-state index is 12.9. The highest BCUT2D eigenvalue weighted by atomic mass is 16.5. The molecule has 3 saturated carbocycles. The van der Waals surface area contributed by atoms with Gasteiger partial charge in [0.05, 0.1) is 30.7 Å². The number of hydrogen-bond donors (Lipinski definition) is 2. The number of carbonyl (C=O) groups is 2. The predicted molar refractivity (Wildman–Crippen MR) is 110 cm³/mol. The molecular formula is C24H38O6. The van der Waals surface area contributed by atoms with Crippen LogP contribution in [0.25, 0.3) is 0 Å². The van der Waals surface area contributed by atoms with E-state index in [1.54, 1.807) is 0 Å². The maximum atomic E-state index is 12.9. The van der Waals surface area contributed by atoms with E-state index in [1.807, 2.05) is 13.8 Å². The minimum absolute atomic E-state index is 0.0775. The normalized spacial score (nSPS) is 49.1. The van der Waals surface area contributed by atoms with Crippen molar-refractivity contribution in [3.63, 3.8) is 0 Å². The third-order valence-electron chi connectivity index (χ3n) is 9.54. The van der Waals surface area contributed by atoms with Crippen LogP contribution in [-0.4, -0.2) is 47.1 Å². The van der Waals surface area contributed by atoms with E-state index in [-0.39, 0.29) is 59.0 Å². The summed E-state index contributed by atoms with van der Waals surface area (Å²) in [4.78, 5) is 25.3. The lowest BCUT2D eigenvalue weighted by Gasteiger charge is -2.55. The number of esters is 2. The lowest BCUT2D eigenvalue weighted by Crippen LogP contribution is -2.55. The summed E-state index contributed by atoms with van der Waals surface area (Å²) in [5.74, 6) is 0.0230. The van der Waals surface area contributed by atoms with Gasteiger partial charge in [0.1, 0.15) is 6.10 Å². The van der Waals surface area contributed by atoms with E-state index in [0.29, 0.717) is 18.9 Å². The van der Waals surface area contributed by atoms with Gasteiger partial charge < -0.3 is 19.7 Å². The summed E-state index contributed by atoms with van der Waals surface area (Å²) in [5, 5.41) is 20.7. The highest BCUT2D eigenvalue weighted by Crippen LogP contribution is 2.63. The number of aliphatic hydroxyl groups is 2. The van der Waals surface area contributed by atoms with Gasteiger partial charge in [0.25, 0.3) is 0 Å². The Morgan fingerprint density at radius 3 is 2.57 bits per heavy atom. The fourth-order valence-electron chi connectivity index (χ4n) is 7.36. The van der Waals surface area contributed by atoms with Gasteiger partial charge in [-0.15, -0.1) is 0 Å². The van der Waals surface area contributed by atoms with Gasteiger partial charge in [-0.2, -0.15) is 0 Å². The Morgan fingerprint density at radius 2 is 1.87 bits per heavy atom. The average Bonchev–Trinajstić information content (AvgIpc) is 2.99. The molecule has 0 aromatic carbocycles. The van der Waals surface area contributed by atoms with Crippen LogP contribution in [0.4, 0.5) is 0 Å². The fraction of sp³-hybridized carbons (Fsp3) is 0.917. The zero-order valence-corrected chi connectivity index (χ0v) is 18.8. The third kappa shape index (κ3) is 3.29. The van der Waals surface area contributed by atoms with E-state index < -0.39 is 12.2 Å². The quantitative estimate of drug-likeness (QED) is 0.679. The fourth-order valence-corrected chi connectivity index (χ4v) is 7.36. The first-order valence-corrected chi connectivity index (χ1v) is 11.8. The van der Waals surface area contributed by atoms with Gasteiger partial charge in [0.15, 0.2) is 0 Å². The van der Waals surface area contributed by atoms with Crippen molar-refractivity contribution in [2.75, 3.05) is 6.61 Å². The molecule has 4 rings (SSSR count). The number of aliphatic hydroxyl groups excluding tert-OH is 2. The van der Waals surface area contributed by atoms with Crippen LogP contribution in [0.2, 0.25) is 0 Å². The van der Waals surface area contributed by atoms with Gasteiger partial charge in [0.2, 0.25) is 0 Å². The molecule has 10 atom stereocenters. The summed E-state index contributed by atoms with van der Waals surface area (Å²) in [6.07, 6.45) is 3.47. The second-order valence-corrected chi connectivity index (χ2v) is 11.0. The van der Waals surface area contributed by atoms with Crippen LogP contribution in [0.5, 0.6) is 0 Å². The van der Waals surface area contributed by atoms with Crippen LogP contribution in [0, 0.1) is 40.4 Å². The molecule has 4 fully saturated rings. The summed E-state index contributed by atoms with van der Waals surface area (Å²) in [5.41, 5.74) is -0.469. The zero-order chi connectivity index (χ0) is 21.8. The first-order valence-electron chi connectivity index (χ1n) is 11.8. The van der Waals surface area contributed by atoms with E-state index in [1.165, 1.54) is 0 Å². The molecule has 170 valence electrons. The van der Waals surface area contributed by atoms with E-state index in [2.05, 4.69) is 13.8 Å². The molecule has 0 spiro atoms. The minimum atomic E-state index is -0.864. The Hall–Kier alpha value is -1.14. The topological polar surface area (TPSA) is 93.1 Å². The van der Waals surface area contributed by atoms with Crippen molar-refractivity contribution in [1.82, 2.24) is 0 Å². The zero-order valence-electron chi connectivity index (χ0n) is 18.8. The van der Waals surface area contributed by atoms with Gasteiger partial charge >= 0.3 is 11.9 Å². The molecular weight excluding hydrogens is 384 g/mol. The Morgan fingerprint density at radius 1 is 1.17 bits per heavy atom. The van der Waals surface area contributed by atoms with E-state index >= 15 is 0 Å². The van der Waals surface area contributed by atoms with Crippen molar-refractivity contribution in [2.24, 2.45) is 40.4 Å². The van der Waals surface area contributed by atoms with Crippen molar-refractivity contribution >= 4 is 11.9 Å². The second-order valence-electron chi connectivity index (χ2n) is 11.0. The van der Waals surface area contributed by atoms with E-state index in [4.69, 9.17) is 9.47 Å². The van der Waals surface area contributed by atoms with Crippen molar-refractivity contribution in [3.8, 4) is 0 Å². The summed E-state index contributed by atoms with van der Waals surface area (Å²) >= 11 is 0. The molecule has 6 heteroatoms. The Balaban J connectivity index is 1.59. The molecule has 3 aliphatic carbocycles. The number of carbonyl (C=O) groups excluding carboxylic acids is 2. The lowest BCUT2D eigenvalue weighted by atomic mass is 9.49. The highest BCUT2D eigenvalue weighted by Gasteiger charge is 2.63. The van der Waals surface area contributed by atoms with Crippen molar-refractivity contribution in [3.05, 3.63) is 0 Å². The second kappa shape index (κ2) is 7.77. The molecule has 6 nitrogen and oxygen atoms in total. The van der Waals surface area contributed by atoms with Crippen molar-refractivity contribution in [2.45, 2.75) is 91.0 Å². The summed E-state index contributed by atoms with van der Waals surface area (Å²) in [6, 6.07) is 0. The first kappa shape index (κ1) is 22.1. The maximum Gasteiger partial charge on any atom is 0.309 e. The number of rotatable bonds is 3. The van der Waals surface area contributed by atoms with Crippen LogP contribution in [0.3, 0.4) is 0 Å². The lowest BCUT2D eigenvalue weighted by molar-refractivity contribution is -0.167. The molecule has 1 saturated heterocycles. The monoisotopic (exact) mass is 422 g/mol. The summed E-state index contributed by atoms with van der Waals surface area (Å²) < 4.78 is 11.8. The average molecular weight is 423 g/mol. The Bertz CT molecular complexity index is 693. The number of ether oxygens (including phenoxy) is 2. The van der Waals surface area contributed by atoms with Crippen molar-refractivity contribution in [1.29, 1.82) is 0 Å². The van der Waals surface area contributed by atoms with Crippen LogP contribution >= 0.6 is 0 Å².